The van der Waals surface area contributed by atoms with Crippen molar-refractivity contribution in [2.24, 2.45) is 0 Å². The van der Waals surface area contributed by atoms with Gasteiger partial charge in [0.15, 0.2) is 16.6 Å². The summed E-state index contributed by atoms with van der Waals surface area (Å²) in [6.07, 6.45) is 0. The van der Waals surface area contributed by atoms with E-state index in [1.165, 1.54) is 11.3 Å². The predicted octanol–water partition coefficient (Wildman–Crippen LogP) is 4.00. The van der Waals surface area contributed by atoms with Crippen LogP contribution in [0.25, 0.3) is 32.4 Å². The van der Waals surface area contributed by atoms with Gasteiger partial charge in [0.25, 0.3) is 0 Å². The maximum Gasteiger partial charge on any atom is 0.192 e. The van der Waals surface area contributed by atoms with E-state index >= 15 is 0 Å². The van der Waals surface area contributed by atoms with Gasteiger partial charge < -0.3 is 10.2 Å². The van der Waals surface area contributed by atoms with E-state index in [1.807, 2.05) is 31.2 Å². The standard InChI is InChI=1S/C15H11N3OS/c1-8-17-11-4-2-9(6-13(11)19-8)10-3-5-12-14(7-10)20-15(16)18-12/h2-7H,1H3,(H2,16,18). The molecule has 0 aliphatic rings. The number of aromatic nitrogens is 2. The van der Waals surface area contributed by atoms with Gasteiger partial charge in [0.2, 0.25) is 0 Å². The number of nitrogens with zero attached hydrogens (tertiary/aromatic N) is 2. The number of hydrogen-bond donors (Lipinski definition) is 1. The highest BCUT2D eigenvalue weighted by atomic mass is 32.1. The first-order chi connectivity index (χ1) is 9.69. The fourth-order valence-corrected chi connectivity index (χ4v) is 3.11. The third-order valence-electron chi connectivity index (χ3n) is 3.23. The molecule has 0 radical (unpaired) electrons. The zero-order valence-electron chi connectivity index (χ0n) is 10.8. The van der Waals surface area contributed by atoms with E-state index < -0.39 is 0 Å². The molecule has 5 heteroatoms. The van der Waals surface area contributed by atoms with Crippen molar-refractivity contribution >= 4 is 37.8 Å². The topological polar surface area (TPSA) is 64.9 Å². The van der Waals surface area contributed by atoms with E-state index in [9.17, 15) is 0 Å². The molecule has 0 unspecified atom stereocenters. The van der Waals surface area contributed by atoms with Crippen molar-refractivity contribution in [3.8, 4) is 11.1 Å². The molecule has 0 saturated heterocycles. The molecule has 2 N–H and O–H groups in total. The SMILES string of the molecule is Cc1nc2ccc(-c3ccc4nc(N)sc4c3)cc2o1. The van der Waals surface area contributed by atoms with Crippen LogP contribution in [0.2, 0.25) is 0 Å². The van der Waals surface area contributed by atoms with Crippen molar-refractivity contribution in [2.45, 2.75) is 6.92 Å². The summed E-state index contributed by atoms with van der Waals surface area (Å²) in [5.41, 5.74) is 10.6. The molecule has 0 fully saturated rings. The lowest BCUT2D eigenvalue weighted by atomic mass is 10.1. The van der Waals surface area contributed by atoms with E-state index in [4.69, 9.17) is 10.2 Å². The van der Waals surface area contributed by atoms with E-state index in [1.54, 1.807) is 0 Å². The predicted molar refractivity (Wildman–Crippen MR) is 81.8 cm³/mol. The summed E-state index contributed by atoms with van der Waals surface area (Å²) < 4.78 is 6.67. The Labute approximate surface area is 118 Å². The lowest BCUT2D eigenvalue weighted by Gasteiger charge is -2.01. The molecule has 2 aromatic heterocycles. The minimum Gasteiger partial charge on any atom is -0.441 e. The minimum atomic E-state index is 0.596. The Morgan fingerprint density at radius 1 is 1.00 bits per heavy atom. The summed E-state index contributed by atoms with van der Waals surface area (Å²) in [7, 11) is 0. The number of anilines is 1. The van der Waals surface area contributed by atoms with Crippen molar-refractivity contribution in [3.63, 3.8) is 0 Å². The monoisotopic (exact) mass is 281 g/mol. The minimum absolute atomic E-state index is 0.596. The molecule has 20 heavy (non-hydrogen) atoms. The summed E-state index contributed by atoms with van der Waals surface area (Å²) in [5.74, 6) is 0.683. The maximum absolute atomic E-state index is 5.74. The van der Waals surface area contributed by atoms with E-state index in [0.717, 1.165) is 32.4 Å². The molecule has 0 amide bonds. The van der Waals surface area contributed by atoms with Crippen LogP contribution in [-0.4, -0.2) is 9.97 Å². The van der Waals surface area contributed by atoms with E-state index in [-0.39, 0.29) is 0 Å². The average molecular weight is 281 g/mol. The highest BCUT2D eigenvalue weighted by molar-refractivity contribution is 7.22. The number of oxazole rings is 1. The van der Waals surface area contributed by atoms with Crippen molar-refractivity contribution in [1.82, 2.24) is 9.97 Å². The molecule has 0 spiro atoms. The van der Waals surface area contributed by atoms with E-state index in [2.05, 4.69) is 22.1 Å². The average Bonchev–Trinajstić information content (AvgIpc) is 2.97. The Balaban J connectivity index is 1.90. The molecule has 2 aromatic carbocycles. The van der Waals surface area contributed by atoms with Crippen molar-refractivity contribution in [1.29, 1.82) is 0 Å². The number of fused-ring (bicyclic) bond motifs is 2. The molecule has 0 aliphatic carbocycles. The van der Waals surface area contributed by atoms with Crippen LogP contribution in [0.15, 0.2) is 40.8 Å². The molecule has 98 valence electrons. The number of nitrogens with two attached hydrogens (primary N) is 1. The van der Waals surface area contributed by atoms with Gasteiger partial charge in [-0.2, -0.15) is 0 Å². The number of rotatable bonds is 1. The Morgan fingerprint density at radius 3 is 2.60 bits per heavy atom. The fourth-order valence-electron chi connectivity index (χ4n) is 2.34. The van der Waals surface area contributed by atoms with Gasteiger partial charge in [0.05, 0.1) is 10.2 Å². The van der Waals surface area contributed by atoms with Crippen LogP contribution in [0, 0.1) is 6.92 Å². The van der Waals surface area contributed by atoms with Gasteiger partial charge in [0.1, 0.15) is 5.52 Å². The molecule has 0 atom stereocenters. The Morgan fingerprint density at radius 2 is 1.75 bits per heavy atom. The van der Waals surface area contributed by atoms with Crippen LogP contribution in [0.3, 0.4) is 0 Å². The zero-order valence-corrected chi connectivity index (χ0v) is 11.6. The van der Waals surface area contributed by atoms with Crippen LogP contribution in [0.1, 0.15) is 5.89 Å². The first kappa shape index (κ1) is 11.4. The number of nitrogen functional groups attached to an aromatic ring is 1. The van der Waals surface area contributed by atoms with Gasteiger partial charge in [0, 0.05) is 6.92 Å². The van der Waals surface area contributed by atoms with Gasteiger partial charge in [-0.25, -0.2) is 9.97 Å². The first-order valence-electron chi connectivity index (χ1n) is 6.23. The van der Waals surface area contributed by atoms with Crippen LogP contribution >= 0.6 is 11.3 Å². The van der Waals surface area contributed by atoms with Crippen LogP contribution in [-0.2, 0) is 0 Å². The Bertz CT molecular complexity index is 861. The Hall–Kier alpha value is -2.40. The summed E-state index contributed by atoms with van der Waals surface area (Å²) in [5, 5.41) is 0.596. The summed E-state index contributed by atoms with van der Waals surface area (Å²) in [6.45, 7) is 1.85. The second-order valence-electron chi connectivity index (χ2n) is 4.65. The van der Waals surface area contributed by atoms with Gasteiger partial charge in [-0.15, -0.1) is 0 Å². The lowest BCUT2D eigenvalue weighted by molar-refractivity contribution is 0.561. The molecule has 4 nitrogen and oxygen atoms in total. The van der Waals surface area contributed by atoms with Gasteiger partial charge in [-0.05, 0) is 35.4 Å². The first-order valence-corrected chi connectivity index (χ1v) is 7.04. The van der Waals surface area contributed by atoms with Crippen LogP contribution in [0.5, 0.6) is 0 Å². The normalized spacial score (nSPS) is 11.4. The number of thiazole rings is 1. The number of hydrogen-bond acceptors (Lipinski definition) is 5. The quantitative estimate of drug-likeness (QED) is 0.573. The van der Waals surface area contributed by atoms with Gasteiger partial charge in [-0.1, -0.05) is 23.5 Å². The molecule has 4 aromatic rings. The lowest BCUT2D eigenvalue weighted by Crippen LogP contribution is -1.79. The van der Waals surface area contributed by atoms with Crippen molar-refractivity contribution < 1.29 is 4.42 Å². The highest BCUT2D eigenvalue weighted by Crippen LogP contribution is 2.30. The molecular formula is C15H11N3OS. The van der Waals surface area contributed by atoms with E-state index in [0.29, 0.717) is 11.0 Å². The maximum atomic E-state index is 5.74. The van der Waals surface area contributed by atoms with Crippen LogP contribution in [0.4, 0.5) is 5.13 Å². The van der Waals surface area contributed by atoms with Crippen molar-refractivity contribution in [2.75, 3.05) is 5.73 Å². The largest absolute Gasteiger partial charge is 0.441 e. The van der Waals surface area contributed by atoms with Crippen molar-refractivity contribution in [3.05, 3.63) is 42.3 Å². The summed E-state index contributed by atoms with van der Waals surface area (Å²) in [4.78, 5) is 8.58. The molecule has 0 saturated carbocycles. The van der Waals surface area contributed by atoms with Gasteiger partial charge in [-0.3, -0.25) is 0 Å². The second kappa shape index (κ2) is 4.05. The molecular weight excluding hydrogens is 270 g/mol. The third kappa shape index (κ3) is 1.75. The zero-order chi connectivity index (χ0) is 13.7. The molecule has 0 aliphatic heterocycles. The smallest absolute Gasteiger partial charge is 0.192 e. The highest BCUT2D eigenvalue weighted by Gasteiger charge is 2.07. The summed E-state index contributed by atoms with van der Waals surface area (Å²) >= 11 is 1.50. The van der Waals surface area contributed by atoms with Gasteiger partial charge >= 0.3 is 0 Å². The molecule has 4 rings (SSSR count). The molecule has 2 heterocycles. The number of benzene rings is 2. The second-order valence-corrected chi connectivity index (χ2v) is 5.71. The Kier molecular flexibility index (Phi) is 2.31. The summed E-state index contributed by atoms with van der Waals surface area (Å²) in [6, 6.07) is 12.2. The molecule has 0 bridgehead atoms. The third-order valence-corrected chi connectivity index (χ3v) is 4.08. The fraction of sp³-hybridized carbons (Fsp3) is 0.0667. The van der Waals surface area contributed by atoms with Crippen LogP contribution < -0.4 is 5.73 Å². The number of aryl methyl sites for hydroxylation is 1.